The predicted molar refractivity (Wildman–Crippen MR) is 77.2 cm³/mol. The molecule has 0 aliphatic heterocycles. The minimum atomic E-state index is -1.02. The minimum Gasteiger partial charge on any atom is -0.478 e. The highest BCUT2D eigenvalue weighted by Gasteiger charge is 2.16. The number of aliphatic carboxylic acids is 1. The smallest absolute Gasteiger partial charge is 0.407 e. The molecule has 6 heteroatoms. The zero-order valence-corrected chi connectivity index (χ0v) is 12.6. The largest absolute Gasteiger partial charge is 0.478 e. The van der Waals surface area contributed by atoms with Crippen LogP contribution in [-0.2, 0) is 9.53 Å². The third-order valence-electron chi connectivity index (χ3n) is 1.94. The molecule has 0 unspecified atom stereocenters. The second kappa shape index (κ2) is 7.89. The van der Waals surface area contributed by atoms with Crippen molar-refractivity contribution in [1.82, 2.24) is 5.32 Å². The summed E-state index contributed by atoms with van der Waals surface area (Å²) in [5, 5.41) is 13.1. The molecule has 0 radical (unpaired) electrons. The Hall–Kier alpha value is -1.43. The Morgan fingerprint density at radius 2 is 2.00 bits per heavy atom. The van der Waals surface area contributed by atoms with Gasteiger partial charge in [-0.15, -0.1) is 11.8 Å². The topological polar surface area (TPSA) is 75.6 Å². The molecule has 0 rings (SSSR count). The number of nitrogens with one attached hydrogen (secondary N) is 1. The van der Waals surface area contributed by atoms with Gasteiger partial charge in [0.1, 0.15) is 5.60 Å². The van der Waals surface area contributed by atoms with Crippen molar-refractivity contribution < 1.29 is 19.4 Å². The highest BCUT2D eigenvalue weighted by molar-refractivity contribution is 8.01. The summed E-state index contributed by atoms with van der Waals surface area (Å²) >= 11 is 1.30. The second-order valence-corrected chi connectivity index (χ2v) is 5.56. The van der Waals surface area contributed by atoms with E-state index < -0.39 is 17.7 Å². The summed E-state index contributed by atoms with van der Waals surface area (Å²) in [7, 11) is 0. The van der Waals surface area contributed by atoms with Gasteiger partial charge in [-0.3, -0.25) is 0 Å². The molecule has 0 fully saturated rings. The van der Waals surface area contributed by atoms with E-state index >= 15 is 0 Å². The van der Waals surface area contributed by atoms with Gasteiger partial charge >= 0.3 is 12.1 Å². The molecule has 0 aromatic carbocycles. The van der Waals surface area contributed by atoms with Gasteiger partial charge in [0, 0.05) is 6.54 Å². The summed E-state index contributed by atoms with van der Waals surface area (Å²) in [5.74, 6) is -1.02. The van der Waals surface area contributed by atoms with E-state index in [9.17, 15) is 9.59 Å². The maximum atomic E-state index is 11.4. The number of carbonyl (C=O) groups excluding carboxylic acids is 1. The van der Waals surface area contributed by atoms with Crippen molar-refractivity contribution in [3.63, 3.8) is 0 Å². The summed E-state index contributed by atoms with van der Waals surface area (Å²) in [5.41, 5.74) is 0.0860. The number of hydrogen-bond acceptors (Lipinski definition) is 4. The van der Waals surface area contributed by atoms with E-state index in [1.807, 2.05) is 0 Å². The van der Waals surface area contributed by atoms with E-state index in [2.05, 4.69) is 11.9 Å². The summed E-state index contributed by atoms with van der Waals surface area (Å²) in [6.45, 7) is 9.32. The lowest BCUT2D eigenvalue weighted by Gasteiger charge is -2.19. The first-order valence-corrected chi connectivity index (χ1v) is 7.07. The highest BCUT2D eigenvalue weighted by atomic mass is 32.2. The van der Waals surface area contributed by atoms with Gasteiger partial charge in [-0.05, 0) is 44.4 Å². The van der Waals surface area contributed by atoms with Crippen LogP contribution in [0.2, 0.25) is 0 Å². The minimum absolute atomic E-state index is 0.165. The van der Waals surface area contributed by atoms with Crippen molar-refractivity contribution in [2.75, 3.05) is 12.8 Å². The van der Waals surface area contributed by atoms with E-state index in [1.165, 1.54) is 17.2 Å². The Balaban J connectivity index is 4.21. The van der Waals surface area contributed by atoms with Crippen molar-refractivity contribution in [3.05, 3.63) is 23.1 Å². The van der Waals surface area contributed by atoms with Crippen LogP contribution in [0.15, 0.2) is 23.1 Å². The number of ether oxygens (including phenoxy) is 1. The van der Waals surface area contributed by atoms with Gasteiger partial charge in [-0.2, -0.15) is 0 Å². The molecule has 0 saturated heterocycles. The van der Waals surface area contributed by atoms with Crippen molar-refractivity contribution in [1.29, 1.82) is 0 Å². The molecule has 1 amide bonds. The number of carboxylic acid groups (broad SMARTS) is 1. The Kier molecular flexibility index (Phi) is 7.29. The summed E-state index contributed by atoms with van der Waals surface area (Å²) in [6.07, 6.45) is 1.61. The van der Waals surface area contributed by atoms with E-state index in [0.29, 0.717) is 12.0 Å². The molecule has 0 atom stereocenters. The van der Waals surface area contributed by atoms with Crippen LogP contribution in [0.1, 0.15) is 27.2 Å². The molecule has 0 aliphatic carbocycles. The van der Waals surface area contributed by atoms with Crippen LogP contribution in [0.3, 0.4) is 0 Å². The number of hydrogen-bond donors (Lipinski definition) is 2. The van der Waals surface area contributed by atoms with E-state index in [4.69, 9.17) is 9.84 Å². The van der Waals surface area contributed by atoms with Gasteiger partial charge in [-0.1, -0.05) is 6.58 Å². The molecular formula is C13H21NO4S. The van der Waals surface area contributed by atoms with Gasteiger partial charge in [-0.25, -0.2) is 9.59 Å². The number of rotatable bonds is 6. The van der Waals surface area contributed by atoms with Crippen LogP contribution in [0, 0.1) is 0 Å². The van der Waals surface area contributed by atoms with Crippen molar-refractivity contribution >= 4 is 23.8 Å². The molecule has 0 spiro atoms. The Morgan fingerprint density at radius 1 is 1.42 bits per heavy atom. The lowest BCUT2D eigenvalue weighted by atomic mass is 10.1. The van der Waals surface area contributed by atoms with Crippen LogP contribution in [0.4, 0.5) is 4.79 Å². The molecule has 2 N–H and O–H groups in total. The maximum absolute atomic E-state index is 11.4. The monoisotopic (exact) mass is 287 g/mol. The van der Waals surface area contributed by atoms with Crippen LogP contribution < -0.4 is 5.32 Å². The zero-order valence-electron chi connectivity index (χ0n) is 11.8. The first kappa shape index (κ1) is 17.6. The van der Waals surface area contributed by atoms with E-state index in [-0.39, 0.29) is 12.1 Å². The average Bonchev–Trinajstić information content (AvgIpc) is 2.22. The van der Waals surface area contributed by atoms with Crippen LogP contribution in [-0.4, -0.2) is 35.6 Å². The average molecular weight is 287 g/mol. The lowest BCUT2D eigenvalue weighted by molar-refractivity contribution is -0.132. The molecule has 0 aromatic heterocycles. The summed E-state index contributed by atoms with van der Waals surface area (Å²) in [6, 6.07) is 0. The molecule has 108 valence electrons. The Bertz CT molecular complexity index is 383. The molecule has 0 saturated carbocycles. The second-order valence-electron chi connectivity index (χ2n) is 4.85. The molecule has 5 nitrogen and oxygen atoms in total. The van der Waals surface area contributed by atoms with Gasteiger partial charge in [0.2, 0.25) is 0 Å². The maximum Gasteiger partial charge on any atom is 0.407 e. The van der Waals surface area contributed by atoms with Gasteiger partial charge in [0.05, 0.1) is 5.57 Å². The molecule has 0 heterocycles. The van der Waals surface area contributed by atoms with Gasteiger partial charge in [0.25, 0.3) is 0 Å². The Morgan fingerprint density at radius 3 is 2.42 bits per heavy atom. The number of carboxylic acids is 1. The molecule has 0 bridgehead atoms. The number of amides is 1. The fraction of sp³-hybridized carbons (Fsp3) is 0.538. The van der Waals surface area contributed by atoms with Crippen LogP contribution in [0.5, 0.6) is 0 Å². The number of alkyl carbamates (subject to hydrolysis) is 1. The van der Waals surface area contributed by atoms with Crippen molar-refractivity contribution in [2.24, 2.45) is 0 Å². The van der Waals surface area contributed by atoms with Gasteiger partial charge < -0.3 is 15.2 Å². The summed E-state index contributed by atoms with van der Waals surface area (Å²) < 4.78 is 5.06. The van der Waals surface area contributed by atoms with Crippen LogP contribution >= 0.6 is 11.8 Å². The fourth-order valence-corrected chi connectivity index (χ4v) is 1.67. The first-order chi connectivity index (χ1) is 8.67. The standard InChI is InChI=1S/C13H21NO4S/c1-9(10(8-19-5)11(15)16)6-7-14-12(17)18-13(2,3)4/h8H,1,6-7H2,2-5H3,(H,14,17)(H,15,16)/b10-8+. The van der Waals surface area contributed by atoms with Crippen molar-refractivity contribution in [2.45, 2.75) is 32.8 Å². The summed E-state index contributed by atoms with van der Waals surface area (Å²) in [4.78, 5) is 22.3. The normalized spacial score (nSPS) is 11.9. The molecule has 19 heavy (non-hydrogen) atoms. The van der Waals surface area contributed by atoms with Crippen molar-refractivity contribution in [3.8, 4) is 0 Å². The number of thioether (sulfide) groups is 1. The molecule has 0 aliphatic rings. The quantitative estimate of drug-likeness (QED) is 0.580. The third-order valence-corrected chi connectivity index (χ3v) is 2.41. The van der Waals surface area contributed by atoms with Crippen LogP contribution in [0.25, 0.3) is 0 Å². The first-order valence-electron chi connectivity index (χ1n) is 5.78. The van der Waals surface area contributed by atoms with E-state index in [1.54, 1.807) is 27.0 Å². The van der Waals surface area contributed by atoms with Gasteiger partial charge in [0.15, 0.2) is 0 Å². The molecular weight excluding hydrogens is 266 g/mol. The predicted octanol–water partition coefficient (Wildman–Crippen LogP) is 2.79. The lowest BCUT2D eigenvalue weighted by Crippen LogP contribution is -2.33. The molecule has 0 aromatic rings. The highest BCUT2D eigenvalue weighted by Crippen LogP contribution is 2.15. The number of carbonyl (C=O) groups is 2. The van der Waals surface area contributed by atoms with E-state index in [0.717, 1.165) is 0 Å². The fourth-order valence-electron chi connectivity index (χ4n) is 1.17. The Labute approximate surface area is 118 Å². The zero-order chi connectivity index (χ0) is 15.1. The third kappa shape index (κ3) is 8.31. The SMILES string of the molecule is C=C(CCNC(=O)OC(C)(C)C)/C(=C\SC)C(=O)O.